The Bertz CT molecular complexity index is 173. The fourth-order valence-electron chi connectivity index (χ4n) is 0.224. The van der Waals surface area contributed by atoms with Crippen molar-refractivity contribution in [2.45, 2.75) is 11.0 Å². The van der Waals surface area contributed by atoms with Crippen molar-refractivity contribution in [3.05, 3.63) is 0 Å². The summed E-state index contributed by atoms with van der Waals surface area (Å²) in [6, 6.07) is 0. The van der Waals surface area contributed by atoms with E-state index in [0.717, 1.165) is 0 Å². The van der Waals surface area contributed by atoms with E-state index in [1.165, 1.54) is 12.2 Å². The Morgan fingerprint density at radius 3 is 1.50 bits per heavy atom. The Kier molecular flexibility index (Phi) is 4.81. The standard InChI is InChI=1S/C4H2Cl2N2O2/c5-3(7-1-9)4(6)8-2-10/h3-4H. The quantitative estimate of drug-likeness (QED) is 0.279. The van der Waals surface area contributed by atoms with Gasteiger partial charge in [0.25, 0.3) is 0 Å². The zero-order valence-electron chi connectivity index (χ0n) is 4.62. The number of aliphatic imine (C=N–C) groups is 2. The SMILES string of the molecule is O=C=NC(Cl)C(Cl)N=C=O. The second-order valence-corrected chi connectivity index (χ2v) is 2.08. The minimum atomic E-state index is -1.05. The Labute approximate surface area is 66.6 Å². The van der Waals surface area contributed by atoms with Crippen LogP contribution in [-0.2, 0) is 9.59 Å². The normalized spacial score (nSPS) is 14.2. The lowest BCUT2D eigenvalue weighted by molar-refractivity contribution is 0.557. The number of rotatable bonds is 3. The summed E-state index contributed by atoms with van der Waals surface area (Å²) in [5.74, 6) is 0. The van der Waals surface area contributed by atoms with E-state index in [2.05, 4.69) is 9.98 Å². The van der Waals surface area contributed by atoms with Crippen LogP contribution in [0.5, 0.6) is 0 Å². The molecule has 0 bridgehead atoms. The summed E-state index contributed by atoms with van der Waals surface area (Å²) in [6.45, 7) is 0. The number of halogens is 2. The number of isocyanates is 2. The van der Waals surface area contributed by atoms with Crippen molar-refractivity contribution in [2.75, 3.05) is 0 Å². The van der Waals surface area contributed by atoms with Crippen LogP contribution < -0.4 is 0 Å². The second kappa shape index (κ2) is 5.15. The van der Waals surface area contributed by atoms with Gasteiger partial charge in [0.05, 0.1) is 0 Å². The fourth-order valence-corrected chi connectivity index (χ4v) is 0.416. The zero-order valence-corrected chi connectivity index (χ0v) is 6.13. The minimum Gasteiger partial charge on any atom is -0.211 e. The van der Waals surface area contributed by atoms with Gasteiger partial charge >= 0.3 is 0 Å². The highest BCUT2D eigenvalue weighted by Gasteiger charge is 2.13. The Balaban J connectivity index is 4.05. The first-order valence-corrected chi connectivity index (χ1v) is 3.01. The van der Waals surface area contributed by atoms with Crippen molar-refractivity contribution in [3.8, 4) is 0 Å². The van der Waals surface area contributed by atoms with Crippen LogP contribution in [0.3, 0.4) is 0 Å². The smallest absolute Gasteiger partial charge is 0.211 e. The number of hydrogen-bond acceptors (Lipinski definition) is 4. The topological polar surface area (TPSA) is 58.9 Å². The van der Waals surface area contributed by atoms with Crippen LogP contribution in [-0.4, -0.2) is 23.2 Å². The van der Waals surface area contributed by atoms with Gasteiger partial charge in [0.15, 0.2) is 11.0 Å². The van der Waals surface area contributed by atoms with Gasteiger partial charge in [-0.2, -0.15) is 9.98 Å². The van der Waals surface area contributed by atoms with Gasteiger partial charge in [-0.25, -0.2) is 9.59 Å². The average Bonchev–Trinajstić information content (AvgIpc) is 1.89. The highest BCUT2D eigenvalue weighted by Crippen LogP contribution is 2.10. The second-order valence-electron chi connectivity index (χ2n) is 1.19. The average molecular weight is 181 g/mol. The maximum atomic E-state index is 9.55. The molecule has 10 heavy (non-hydrogen) atoms. The first-order valence-electron chi connectivity index (χ1n) is 2.14. The van der Waals surface area contributed by atoms with E-state index < -0.39 is 11.0 Å². The van der Waals surface area contributed by atoms with E-state index in [1.807, 2.05) is 0 Å². The van der Waals surface area contributed by atoms with Crippen molar-refractivity contribution in [1.82, 2.24) is 0 Å². The summed E-state index contributed by atoms with van der Waals surface area (Å²) in [5.41, 5.74) is -2.11. The number of carbonyl (C=O) groups excluding carboxylic acids is 2. The molecule has 0 saturated carbocycles. The van der Waals surface area contributed by atoms with Crippen LogP contribution in [0, 0.1) is 0 Å². The number of alkyl halides is 2. The highest BCUT2D eigenvalue weighted by molar-refractivity contribution is 6.30. The minimum absolute atomic E-state index is 1.05. The molecule has 54 valence electrons. The van der Waals surface area contributed by atoms with Crippen LogP contribution in [0.1, 0.15) is 0 Å². The fraction of sp³-hybridized carbons (Fsp3) is 0.500. The first-order chi connectivity index (χ1) is 4.72. The van der Waals surface area contributed by atoms with Gasteiger partial charge < -0.3 is 0 Å². The molecule has 0 aromatic heterocycles. The van der Waals surface area contributed by atoms with Crippen LogP contribution in [0.4, 0.5) is 0 Å². The maximum absolute atomic E-state index is 9.55. The molecule has 0 saturated heterocycles. The van der Waals surface area contributed by atoms with E-state index in [0.29, 0.717) is 0 Å². The molecule has 0 aliphatic rings. The molecule has 0 aliphatic carbocycles. The van der Waals surface area contributed by atoms with Gasteiger partial charge in [-0.15, -0.1) is 0 Å². The summed E-state index contributed by atoms with van der Waals surface area (Å²) in [6.07, 6.45) is 2.35. The lowest BCUT2D eigenvalue weighted by atomic mass is 10.6. The Morgan fingerprint density at radius 2 is 1.30 bits per heavy atom. The van der Waals surface area contributed by atoms with E-state index in [1.54, 1.807) is 0 Å². The summed E-state index contributed by atoms with van der Waals surface area (Å²) < 4.78 is 0. The van der Waals surface area contributed by atoms with Crippen molar-refractivity contribution in [3.63, 3.8) is 0 Å². The Morgan fingerprint density at radius 1 is 1.00 bits per heavy atom. The van der Waals surface area contributed by atoms with Crippen LogP contribution >= 0.6 is 23.2 Å². The van der Waals surface area contributed by atoms with Gasteiger partial charge in [-0.1, -0.05) is 23.2 Å². The highest BCUT2D eigenvalue weighted by atomic mass is 35.5. The van der Waals surface area contributed by atoms with Crippen molar-refractivity contribution >= 4 is 35.4 Å². The molecule has 0 N–H and O–H groups in total. The van der Waals surface area contributed by atoms with Gasteiger partial charge in [0, 0.05) is 0 Å². The first kappa shape index (κ1) is 9.34. The summed E-state index contributed by atoms with van der Waals surface area (Å²) in [4.78, 5) is 25.1. The molecule has 0 amide bonds. The third-order valence-corrected chi connectivity index (χ3v) is 1.38. The molecule has 0 heterocycles. The van der Waals surface area contributed by atoms with E-state index in [4.69, 9.17) is 23.2 Å². The molecule has 0 aliphatic heterocycles. The number of hydrogen-bond donors (Lipinski definition) is 0. The van der Waals surface area contributed by atoms with Crippen LogP contribution in [0.15, 0.2) is 9.98 Å². The van der Waals surface area contributed by atoms with Crippen LogP contribution in [0.25, 0.3) is 0 Å². The van der Waals surface area contributed by atoms with Crippen molar-refractivity contribution in [1.29, 1.82) is 0 Å². The van der Waals surface area contributed by atoms with Gasteiger partial charge in [0.2, 0.25) is 12.2 Å². The van der Waals surface area contributed by atoms with E-state index in [9.17, 15) is 9.59 Å². The molecule has 2 unspecified atom stereocenters. The summed E-state index contributed by atoms with van der Waals surface area (Å²) >= 11 is 10.6. The predicted octanol–water partition coefficient (Wildman–Crippen LogP) is 0.788. The molecule has 4 nitrogen and oxygen atoms in total. The summed E-state index contributed by atoms with van der Waals surface area (Å²) in [7, 11) is 0. The lowest BCUT2D eigenvalue weighted by Gasteiger charge is -1.99. The van der Waals surface area contributed by atoms with Crippen molar-refractivity contribution < 1.29 is 9.59 Å². The third kappa shape index (κ3) is 3.38. The molecular weight excluding hydrogens is 179 g/mol. The Hall–Kier alpha value is -0.660. The van der Waals surface area contributed by atoms with Gasteiger partial charge in [0.1, 0.15) is 0 Å². The molecule has 0 fully saturated rings. The monoisotopic (exact) mass is 180 g/mol. The summed E-state index contributed by atoms with van der Waals surface area (Å²) in [5, 5.41) is 0. The largest absolute Gasteiger partial charge is 0.236 e. The molecule has 0 aromatic carbocycles. The molecule has 0 rings (SSSR count). The van der Waals surface area contributed by atoms with Crippen LogP contribution in [0.2, 0.25) is 0 Å². The van der Waals surface area contributed by atoms with Gasteiger partial charge in [-0.3, -0.25) is 0 Å². The molecular formula is C4H2Cl2N2O2. The lowest BCUT2D eigenvalue weighted by Crippen LogP contribution is -2.08. The molecule has 0 spiro atoms. The van der Waals surface area contributed by atoms with Gasteiger partial charge in [-0.05, 0) is 0 Å². The van der Waals surface area contributed by atoms with E-state index in [-0.39, 0.29) is 0 Å². The number of nitrogens with zero attached hydrogens (tertiary/aromatic N) is 2. The zero-order chi connectivity index (χ0) is 7.98. The molecule has 0 aromatic rings. The third-order valence-electron chi connectivity index (χ3n) is 0.579. The van der Waals surface area contributed by atoms with E-state index >= 15 is 0 Å². The molecule has 6 heteroatoms. The molecule has 2 atom stereocenters. The predicted molar refractivity (Wildman–Crippen MR) is 35.5 cm³/mol. The maximum Gasteiger partial charge on any atom is 0.236 e. The van der Waals surface area contributed by atoms with Crippen molar-refractivity contribution in [2.24, 2.45) is 9.98 Å². The molecule has 0 radical (unpaired) electrons.